The van der Waals surface area contributed by atoms with Crippen molar-refractivity contribution >= 4 is 16.6 Å². The second kappa shape index (κ2) is 11.3. The van der Waals surface area contributed by atoms with E-state index < -0.39 is 0 Å². The van der Waals surface area contributed by atoms with E-state index in [1.54, 1.807) is 0 Å². The Morgan fingerprint density at radius 1 is 0.854 bits per heavy atom. The van der Waals surface area contributed by atoms with Crippen molar-refractivity contribution in [2.75, 3.05) is 31.1 Å². The van der Waals surface area contributed by atoms with Gasteiger partial charge < -0.3 is 9.88 Å². The molecule has 1 saturated heterocycles. The highest BCUT2D eigenvalue weighted by Crippen LogP contribution is 2.31. The Labute approximate surface area is 240 Å². The van der Waals surface area contributed by atoms with Crippen molar-refractivity contribution < 1.29 is 0 Å². The Bertz CT molecular complexity index is 1730. The Kier molecular flexibility index (Phi) is 7.41. The van der Waals surface area contributed by atoms with E-state index in [-0.39, 0.29) is 11.6 Å². The topological polar surface area (TPSA) is 82.9 Å². The van der Waals surface area contributed by atoms with Crippen molar-refractivity contribution in [2.45, 2.75) is 46.7 Å². The number of pyridine rings is 1. The van der Waals surface area contributed by atoms with Gasteiger partial charge >= 0.3 is 0 Å². The molecule has 3 heterocycles. The number of aromatic amines is 1. The summed E-state index contributed by atoms with van der Waals surface area (Å²) in [7, 11) is 0. The van der Waals surface area contributed by atoms with Crippen LogP contribution in [0.1, 0.15) is 45.2 Å². The average Bonchev–Trinajstić information content (AvgIpc) is 3.45. The number of fused-ring (bicyclic) bond motifs is 1. The summed E-state index contributed by atoms with van der Waals surface area (Å²) < 4.78 is 1.88. The molecule has 0 saturated carbocycles. The quantitative estimate of drug-likeness (QED) is 0.312. The molecule has 0 radical (unpaired) electrons. The van der Waals surface area contributed by atoms with Crippen molar-refractivity contribution in [3.05, 3.63) is 116 Å². The molecule has 0 spiro atoms. The lowest BCUT2D eigenvalue weighted by Crippen LogP contribution is -2.49. The molecule has 2 aromatic heterocycles. The first-order chi connectivity index (χ1) is 19.9. The summed E-state index contributed by atoms with van der Waals surface area (Å²) in [6, 6.07) is 22.7. The molecule has 1 atom stereocenters. The van der Waals surface area contributed by atoms with Crippen LogP contribution >= 0.6 is 0 Å². The van der Waals surface area contributed by atoms with Gasteiger partial charge in [-0.05, 0) is 84.5 Å². The molecule has 1 aliphatic rings. The normalized spacial score (nSPS) is 15.0. The summed E-state index contributed by atoms with van der Waals surface area (Å²) >= 11 is 0. The lowest BCUT2D eigenvalue weighted by atomic mass is 9.99. The third kappa shape index (κ3) is 5.27. The Hall–Kier alpha value is -4.30. The van der Waals surface area contributed by atoms with Crippen LogP contribution in [0.4, 0.5) is 5.69 Å². The third-order valence-electron chi connectivity index (χ3n) is 8.62. The molecule has 1 unspecified atom stereocenters. The van der Waals surface area contributed by atoms with Gasteiger partial charge in [0.1, 0.15) is 6.04 Å². The minimum absolute atomic E-state index is 0.0919. The van der Waals surface area contributed by atoms with Gasteiger partial charge in [-0.3, -0.25) is 9.69 Å². The molecule has 5 aromatic rings. The van der Waals surface area contributed by atoms with Crippen LogP contribution in [-0.4, -0.2) is 56.3 Å². The number of hydrogen-bond donors (Lipinski definition) is 1. The smallest absolute Gasteiger partial charge is 0.253 e. The molecule has 1 aliphatic heterocycles. The largest absolute Gasteiger partial charge is 0.369 e. The highest BCUT2D eigenvalue weighted by Gasteiger charge is 2.33. The predicted octanol–water partition coefficient (Wildman–Crippen LogP) is 4.90. The molecular weight excluding hydrogens is 510 g/mol. The van der Waals surface area contributed by atoms with Gasteiger partial charge in [-0.1, -0.05) is 54.6 Å². The standard InChI is InChI=1S/C33H37N7O/c1-22-9-8-12-29(25(22)4)38-17-19-39(20-18-38)31(28-21-27-23(2)13-14-24(3)30(27)34-33(28)41)32-35-36-37-40(32)16-15-26-10-6-5-7-11-26/h5-14,21,31H,15-20H2,1-4H3,(H,34,41). The van der Waals surface area contributed by atoms with E-state index in [0.717, 1.165) is 54.6 Å². The molecule has 8 heteroatoms. The van der Waals surface area contributed by atoms with E-state index in [1.165, 1.54) is 22.4 Å². The molecule has 41 heavy (non-hydrogen) atoms. The number of rotatable bonds is 7. The molecule has 8 nitrogen and oxygen atoms in total. The first-order valence-corrected chi connectivity index (χ1v) is 14.4. The van der Waals surface area contributed by atoms with E-state index in [9.17, 15) is 4.79 Å². The predicted molar refractivity (Wildman–Crippen MR) is 164 cm³/mol. The van der Waals surface area contributed by atoms with Crippen molar-refractivity contribution in [1.82, 2.24) is 30.1 Å². The van der Waals surface area contributed by atoms with Gasteiger partial charge in [0.2, 0.25) is 0 Å². The van der Waals surface area contributed by atoms with E-state index in [0.29, 0.717) is 17.9 Å². The fourth-order valence-electron chi connectivity index (χ4n) is 6.04. The maximum atomic E-state index is 13.8. The molecule has 3 aromatic carbocycles. The summed E-state index contributed by atoms with van der Waals surface area (Å²) in [4.78, 5) is 21.8. The Morgan fingerprint density at radius 3 is 2.39 bits per heavy atom. The number of aryl methyl sites for hydroxylation is 5. The van der Waals surface area contributed by atoms with Crippen molar-refractivity contribution in [2.24, 2.45) is 0 Å². The van der Waals surface area contributed by atoms with E-state index in [2.05, 4.69) is 99.6 Å². The SMILES string of the molecule is Cc1cccc(N2CCN(C(c3cc4c(C)ccc(C)c4[nH]c3=O)c3nnnn3CCc3ccccc3)CC2)c1C. The maximum absolute atomic E-state index is 13.8. The second-order valence-corrected chi connectivity index (χ2v) is 11.2. The minimum Gasteiger partial charge on any atom is -0.369 e. The van der Waals surface area contributed by atoms with Crippen molar-refractivity contribution in [1.29, 1.82) is 0 Å². The van der Waals surface area contributed by atoms with Gasteiger partial charge in [-0.2, -0.15) is 0 Å². The zero-order valence-corrected chi connectivity index (χ0v) is 24.3. The molecule has 1 fully saturated rings. The molecule has 0 bridgehead atoms. The molecule has 6 rings (SSSR count). The number of H-pyrrole nitrogens is 1. The van der Waals surface area contributed by atoms with Crippen LogP contribution in [-0.2, 0) is 13.0 Å². The summed E-state index contributed by atoms with van der Waals surface area (Å²) in [6.07, 6.45) is 0.804. The van der Waals surface area contributed by atoms with Crippen LogP contribution in [0, 0.1) is 27.7 Å². The first-order valence-electron chi connectivity index (χ1n) is 14.4. The molecular formula is C33H37N7O. The first kappa shape index (κ1) is 26.9. The number of anilines is 1. The number of piperazine rings is 1. The van der Waals surface area contributed by atoms with Gasteiger partial charge in [0.05, 0.1) is 5.52 Å². The van der Waals surface area contributed by atoms with E-state index in [1.807, 2.05) is 29.8 Å². The number of tetrazole rings is 1. The van der Waals surface area contributed by atoms with Gasteiger partial charge in [-0.25, -0.2) is 4.68 Å². The minimum atomic E-state index is -0.366. The highest BCUT2D eigenvalue weighted by molar-refractivity contribution is 5.85. The summed E-state index contributed by atoms with van der Waals surface area (Å²) in [5.74, 6) is 0.705. The van der Waals surface area contributed by atoms with Crippen LogP contribution in [0.25, 0.3) is 10.9 Å². The van der Waals surface area contributed by atoms with Crippen LogP contribution in [0.2, 0.25) is 0 Å². The van der Waals surface area contributed by atoms with Crippen LogP contribution < -0.4 is 10.5 Å². The molecule has 1 N–H and O–H groups in total. The Morgan fingerprint density at radius 2 is 1.61 bits per heavy atom. The lowest BCUT2D eigenvalue weighted by molar-refractivity contribution is 0.199. The molecule has 0 aliphatic carbocycles. The van der Waals surface area contributed by atoms with Gasteiger partial charge in [-0.15, -0.1) is 5.10 Å². The van der Waals surface area contributed by atoms with Crippen LogP contribution in [0.15, 0.2) is 71.5 Å². The maximum Gasteiger partial charge on any atom is 0.253 e. The number of nitrogens with one attached hydrogen (secondary N) is 1. The fraction of sp³-hybridized carbons (Fsp3) is 0.333. The van der Waals surface area contributed by atoms with Crippen LogP contribution in [0.5, 0.6) is 0 Å². The van der Waals surface area contributed by atoms with E-state index in [4.69, 9.17) is 0 Å². The summed E-state index contributed by atoms with van der Waals surface area (Å²) in [5.41, 5.74) is 8.79. The van der Waals surface area contributed by atoms with E-state index >= 15 is 0 Å². The third-order valence-corrected chi connectivity index (χ3v) is 8.62. The fourth-order valence-corrected chi connectivity index (χ4v) is 6.04. The zero-order valence-electron chi connectivity index (χ0n) is 24.3. The number of nitrogens with zero attached hydrogens (tertiary/aromatic N) is 6. The lowest BCUT2D eigenvalue weighted by Gasteiger charge is -2.40. The van der Waals surface area contributed by atoms with Gasteiger partial charge in [0.25, 0.3) is 5.56 Å². The number of hydrogen-bond acceptors (Lipinski definition) is 6. The summed E-state index contributed by atoms with van der Waals surface area (Å²) in [6.45, 7) is 12.4. The highest BCUT2D eigenvalue weighted by atomic mass is 16.1. The average molecular weight is 548 g/mol. The van der Waals surface area contributed by atoms with Crippen molar-refractivity contribution in [3.8, 4) is 0 Å². The number of aromatic nitrogens is 5. The monoisotopic (exact) mass is 547 g/mol. The van der Waals surface area contributed by atoms with Crippen LogP contribution in [0.3, 0.4) is 0 Å². The Balaban J connectivity index is 1.38. The number of benzene rings is 3. The van der Waals surface area contributed by atoms with Crippen molar-refractivity contribution in [3.63, 3.8) is 0 Å². The molecule has 210 valence electrons. The zero-order chi connectivity index (χ0) is 28.5. The van der Waals surface area contributed by atoms with Gasteiger partial charge in [0.15, 0.2) is 5.82 Å². The second-order valence-electron chi connectivity index (χ2n) is 11.2. The molecule has 0 amide bonds. The summed E-state index contributed by atoms with van der Waals surface area (Å²) in [5, 5.41) is 14.1. The van der Waals surface area contributed by atoms with Gasteiger partial charge in [0, 0.05) is 49.4 Å².